The van der Waals surface area contributed by atoms with Gasteiger partial charge in [-0.05, 0) is 43.7 Å². The van der Waals surface area contributed by atoms with E-state index in [4.69, 9.17) is 4.74 Å². The number of carbonyl (C=O) groups excluding carboxylic acids is 1. The maximum atomic E-state index is 13.4. The number of Topliss-reactive ketones (excluding diaryl/α,β-unsaturated/α-hetero) is 1. The van der Waals surface area contributed by atoms with Crippen molar-refractivity contribution in [1.29, 1.82) is 0 Å². The van der Waals surface area contributed by atoms with Gasteiger partial charge < -0.3 is 9.84 Å². The van der Waals surface area contributed by atoms with Gasteiger partial charge in [0.05, 0.1) is 17.7 Å². The second kappa shape index (κ2) is 7.76. The molecule has 1 aliphatic heterocycles. The standard InChI is InChI=1S/C23H20N2O4S/c1-13-20(14(2)26)21(15-8-10-17(29-3)11-9-15)25-22(28)19(30-23(25)24-13)12-16-6-4-5-7-18(16)27/h4-12,21,27H,1-3H3/b19-12+/t21-/m0/s1. The van der Waals surface area contributed by atoms with Gasteiger partial charge in [-0.15, -0.1) is 0 Å². The Labute approximate surface area is 176 Å². The van der Waals surface area contributed by atoms with Gasteiger partial charge in [0.25, 0.3) is 5.56 Å². The molecule has 0 aliphatic carbocycles. The number of rotatable bonds is 4. The lowest BCUT2D eigenvalue weighted by Gasteiger charge is -2.24. The van der Waals surface area contributed by atoms with Gasteiger partial charge in [-0.25, -0.2) is 4.99 Å². The summed E-state index contributed by atoms with van der Waals surface area (Å²) in [7, 11) is 1.59. The molecule has 1 aliphatic rings. The Kier molecular flexibility index (Phi) is 5.13. The van der Waals surface area contributed by atoms with Gasteiger partial charge in [0.1, 0.15) is 11.5 Å². The van der Waals surface area contributed by atoms with E-state index in [0.29, 0.717) is 31.9 Å². The van der Waals surface area contributed by atoms with Gasteiger partial charge in [-0.1, -0.05) is 41.7 Å². The first-order chi connectivity index (χ1) is 14.4. The number of ketones is 1. The van der Waals surface area contributed by atoms with Gasteiger partial charge in [-0.3, -0.25) is 14.2 Å². The largest absolute Gasteiger partial charge is 0.507 e. The summed E-state index contributed by atoms with van der Waals surface area (Å²) in [5.74, 6) is 0.651. The molecule has 0 spiro atoms. The van der Waals surface area contributed by atoms with E-state index in [-0.39, 0.29) is 17.1 Å². The fourth-order valence-electron chi connectivity index (χ4n) is 3.62. The van der Waals surface area contributed by atoms with Gasteiger partial charge in [0.2, 0.25) is 0 Å². The number of hydrogen-bond donors (Lipinski definition) is 1. The lowest BCUT2D eigenvalue weighted by atomic mass is 9.93. The zero-order chi connectivity index (χ0) is 21.4. The molecule has 152 valence electrons. The number of aromatic hydroxyl groups is 1. The number of aromatic nitrogens is 1. The van der Waals surface area contributed by atoms with Gasteiger partial charge in [0, 0.05) is 16.8 Å². The minimum atomic E-state index is -0.573. The number of hydrogen-bond acceptors (Lipinski definition) is 6. The van der Waals surface area contributed by atoms with E-state index in [1.807, 2.05) is 12.1 Å². The van der Waals surface area contributed by atoms with Crippen LogP contribution in [0.25, 0.3) is 6.08 Å². The van der Waals surface area contributed by atoms with E-state index < -0.39 is 6.04 Å². The molecule has 0 amide bonds. The Morgan fingerprint density at radius 2 is 1.90 bits per heavy atom. The molecule has 2 heterocycles. The number of fused-ring (bicyclic) bond motifs is 1. The number of nitrogens with zero attached hydrogens (tertiary/aromatic N) is 2. The SMILES string of the molecule is COc1ccc([C@H]2C(C(C)=O)=C(C)N=c3s/c(=C/c4ccccc4O)c(=O)n32)cc1. The monoisotopic (exact) mass is 420 g/mol. The molecule has 0 bridgehead atoms. The number of allylic oxidation sites excluding steroid dienone is 2. The van der Waals surface area contributed by atoms with Gasteiger partial charge in [-0.2, -0.15) is 0 Å². The van der Waals surface area contributed by atoms with Crippen molar-refractivity contribution in [2.75, 3.05) is 7.11 Å². The van der Waals surface area contributed by atoms with Crippen molar-refractivity contribution in [2.24, 2.45) is 4.99 Å². The number of para-hydroxylation sites is 1. The number of phenolic OH excluding ortho intramolecular Hbond substituents is 1. The van der Waals surface area contributed by atoms with E-state index in [0.717, 1.165) is 5.56 Å². The lowest BCUT2D eigenvalue weighted by molar-refractivity contribution is -0.114. The number of phenols is 1. The van der Waals surface area contributed by atoms with Crippen LogP contribution in [0.4, 0.5) is 0 Å². The summed E-state index contributed by atoms with van der Waals surface area (Å²) in [5, 5.41) is 10.1. The van der Waals surface area contributed by atoms with Crippen LogP contribution in [0.1, 0.15) is 31.0 Å². The number of methoxy groups -OCH3 is 1. The average molecular weight is 420 g/mol. The van der Waals surface area contributed by atoms with Crippen LogP contribution in [0.3, 0.4) is 0 Å². The smallest absolute Gasteiger partial charge is 0.271 e. The van der Waals surface area contributed by atoms with Crippen LogP contribution in [0.2, 0.25) is 0 Å². The fourth-order valence-corrected chi connectivity index (χ4v) is 4.66. The molecule has 4 rings (SSSR count). The fraction of sp³-hybridized carbons (Fsp3) is 0.174. The van der Waals surface area contributed by atoms with E-state index in [1.165, 1.54) is 18.3 Å². The summed E-state index contributed by atoms with van der Waals surface area (Å²) in [6.07, 6.45) is 1.65. The van der Waals surface area contributed by atoms with E-state index in [2.05, 4.69) is 4.99 Å². The summed E-state index contributed by atoms with van der Waals surface area (Å²) in [4.78, 5) is 30.9. The Morgan fingerprint density at radius 1 is 1.20 bits per heavy atom. The summed E-state index contributed by atoms with van der Waals surface area (Å²) in [5.41, 5.74) is 2.17. The molecule has 30 heavy (non-hydrogen) atoms. The molecular weight excluding hydrogens is 400 g/mol. The van der Waals surface area contributed by atoms with Crippen molar-refractivity contribution in [3.8, 4) is 11.5 Å². The third kappa shape index (κ3) is 3.37. The third-order valence-corrected chi connectivity index (χ3v) is 6.04. The van der Waals surface area contributed by atoms with Crippen LogP contribution in [-0.4, -0.2) is 22.6 Å². The van der Waals surface area contributed by atoms with Crippen molar-refractivity contribution in [3.05, 3.63) is 90.6 Å². The van der Waals surface area contributed by atoms with Crippen molar-refractivity contribution in [2.45, 2.75) is 19.9 Å². The summed E-state index contributed by atoms with van der Waals surface area (Å²) >= 11 is 1.24. The van der Waals surface area contributed by atoms with Crippen LogP contribution in [0.15, 0.2) is 69.6 Å². The number of ether oxygens (including phenoxy) is 1. The summed E-state index contributed by atoms with van der Waals surface area (Å²) in [6.45, 7) is 3.27. The number of carbonyl (C=O) groups is 1. The zero-order valence-electron chi connectivity index (χ0n) is 16.7. The zero-order valence-corrected chi connectivity index (χ0v) is 17.6. The Balaban J connectivity index is 1.97. The molecule has 7 heteroatoms. The lowest BCUT2D eigenvalue weighted by Crippen LogP contribution is -2.39. The highest BCUT2D eigenvalue weighted by atomic mass is 32.1. The second-order valence-corrected chi connectivity index (χ2v) is 7.98. The highest BCUT2D eigenvalue weighted by Crippen LogP contribution is 2.31. The molecule has 1 aromatic heterocycles. The second-order valence-electron chi connectivity index (χ2n) is 6.97. The molecule has 3 aromatic rings. The maximum absolute atomic E-state index is 13.4. The summed E-state index contributed by atoms with van der Waals surface area (Å²) < 4.78 is 7.23. The maximum Gasteiger partial charge on any atom is 0.271 e. The molecule has 0 saturated carbocycles. The number of thiazole rings is 1. The van der Waals surface area contributed by atoms with Crippen molar-refractivity contribution in [1.82, 2.24) is 4.57 Å². The molecule has 1 N–H and O–H groups in total. The van der Waals surface area contributed by atoms with Crippen LogP contribution >= 0.6 is 11.3 Å². The molecule has 0 fully saturated rings. The topological polar surface area (TPSA) is 80.9 Å². The highest BCUT2D eigenvalue weighted by molar-refractivity contribution is 7.07. The van der Waals surface area contributed by atoms with Crippen LogP contribution < -0.4 is 19.6 Å². The van der Waals surface area contributed by atoms with Crippen molar-refractivity contribution < 1.29 is 14.6 Å². The Bertz CT molecular complexity index is 1350. The minimum absolute atomic E-state index is 0.0932. The quantitative estimate of drug-likeness (QED) is 0.703. The van der Waals surface area contributed by atoms with Crippen LogP contribution in [0.5, 0.6) is 11.5 Å². The van der Waals surface area contributed by atoms with Crippen molar-refractivity contribution >= 4 is 23.2 Å². The molecule has 0 unspecified atom stereocenters. The molecular formula is C23H20N2O4S. The first kappa shape index (κ1) is 19.8. The predicted octanol–water partition coefficient (Wildman–Crippen LogP) is 2.54. The molecule has 6 nitrogen and oxygen atoms in total. The van der Waals surface area contributed by atoms with Crippen LogP contribution in [-0.2, 0) is 4.79 Å². The van der Waals surface area contributed by atoms with Crippen LogP contribution in [0, 0.1) is 0 Å². The van der Waals surface area contributed by atoms with E-state index in [9.17, 15) is 14.7 Å². The average Bonchev–Trinajstić information content (AvgIpc) is 3.03. The van der Waals surface area contributed by atoms with Gasteiger partial charge >= 0.3 is 0 Å². The molecule has 1 atom stereocenters. The highest BCUT2D eigenvalue weighted by Gasteiger charge is 2.30. The molecule has 0 radical (unpaired) electrons. The van der Waals surface area contributed by atoms with E-state index >= 15 is 0 Å². The molecule has 2 aromatic carbocycles. The first-order valence-electron chi connectivity index (χ1n) is 9.36. The Morgan fingerprint density at radius 3 is 2.53 bits per heavy atom. The predicted molar refractivity (Wildman–Crippen MR) is 116 cm³/mol. The minimum Gasteiger partial charge on any atom is -0.507 e. The Hall–Kier alpha value is -3.45. The third-order valence-electron chi connectivity index (χ3n) is 5.06. The van der Waals surface area contributed by atoms with Gasteiger partial charge in [0.15, 0.2) is 10.6 Å². The number of benzene rings is 2. The van der Waals surface area contributed by atoms with Crippen molar-refractivity contribution in [3.63, 3.8) is 0 Å². The normalized spacial score (nSPS) is 16.2. The summed E-state index contributed by atoms with van der Waals surface area (Å²) in [6, 6.07) is 13.6. The molecule has 0 saturated heterocycles. The first-order valence-corrected chi connectivity index (χ1v) is 10.2. The van der Waals surface area contributed by atoms with E-state index in [1.54, 1.807) is 61.1 Å².